The third-order valence-electron chi connectivity index (χ3n) is 10.3. The van der Waals surface area contributed by atoms with Gasteiger partial charge in [-0.25, -0.2) is 4.57 Å². The number of unbranched alkanes of at least 4 members (excludes halogenated alkanes) is 24. The van der Waals surface area contributed by atoms with E-state index in [1.54, 1.807) is 0 Å². The van der Waals surface area contributed by atoms with E-state index in [2.05, 4.69) is 19.2 Å². The fraction of sp³-hybridized carbons (Fsp3) is 0.953. The minimum absolute atomic E-state index is 0.0648. The van der Waals surface area contributed by atoms with Crippen molar-refractivity contribution in [2.75, 3.05) is 39.5 Å². The second-order valence-corrected chi connectivity index (χ2v) is 17.3. The largest absolute Gasteiger partial charge is 0.472 e. The SMILES string of the molecule is CCCCCCCCCCCCCCCC(=O)OCC(COP(=O)(O)OCCNCC(O)C(O)C(O)C(O)CO)OC(=O)CCCCCCCCCCCCCCC. The Kier molecular flexibility index (Phi) is 39.1. The van der Waals surface area contributed by atoms with Crippen molar-refractivity contribution in [2.24, 2.45) is 0 Å². The molecule has 0 aromatic carbocycles. The van der Waals surface area contributed by atoms with Gasteiger partial charge in [-0.2, -0.15) is 0 Å². The van der Waals surface area contributed by atoms with Crippen LogP contribution < -0.4 is 5.32 Å². The highest BCUT2D eigenvalue weighted by Gasteiger charge is 2.30. The van der Waals surface area contributed by atoms with E-state index in [9.17, 15) is 39.5 Å². The maximum atomic E-state index is 12.7. The lowest BCUT2D eigenvalue weighted by atomic mass is 10.0. The molecule has 0 aromatic rings. The van der Waals surface area contributed by atoms with Crippen LogP contribution >= 0.6 is 7.82 Å². The summed E-state index contributed by atoms with van der Waals surface area (Å²) in [6.07, 6.45) is 23.3. The summed E-state index contributed by atoms with van der Waals surface area (Å²) in [5.41, 5.74) is 0. The first-order valence-corrected chi connectivity index (χ1v) is 24.5. The summed E-state index contributed by atoms with van der Waals surface area (Å²) in [4.78, 5) is 35.4. The van der Waals surface area contributed by atoms with Gasteiger partial charge < -0.3 is 45.2 Å². The predicted octanol–water partition coefficient (Wildman–Crippen LogP) is 7.56. The molecule has 7 N–H and O–H groups in total. The second kappa shape index (κ2) is 39.9. The summed E-state index contributed by atoms with van der Waals surface area (Å²) in [5.74, 6) is -0.958. The lowest BCUT2D eigenvalue weighted by Gasteiger charge is -2.25. The number of aliphatic hydroxyl groups excluding tert-OH is 5. The predicted molar refractivity (Wildman–Crippen MR) is 227 cm³/mol. The summed E-state index contributed by atoms with van der Waals surface area (Å²) in [7, 11) is -4.63. The zero-order chi connectivity index (χ0) is 43.1. The molecule has 346 valence electrons. The number of esters is 2. The van der Waals surface area contributed by atoms with Gasteiger partial charge in [0.05, 0.1) is 25.9 Å². The number of aliphatic hydroxyl groups is 5. The van der Waals surface area contributed by atoms with E-state index >= 15 is 0 Å². The summed E-state index contributed by atoms with van der Waals surface area (Å²) < 4.78 is 33.5. The van der Waals surface area contributed by atoms with Gasteiger partial charge in [0, 0.05) is 25.9 Å². The molecule has 0 spiro atoms. The maximum Gasteiger partial charge on any atom is 0.472 e. The van der Waals surface area contributed by atoms with Gasteiger partial charge in [-0.1, -0.05) is 168 Å². The van der Waals surface area contributed by atoms with Crippen molar-refractivity contribution < 1.29 is 63.1 Å². The Labute approximate surface area is 351 Å². The molecular weight excluding hydrogens is 769 g/mol. The van der Waals surface area contributed by atoms with Gasteiger partial charge in [0.25, 0.3) is 0 Å². The molecule has 15 heteroatoms. The molecule has 0 bridgehead atoms. The van der Waals surface area contributed by atoms with Crippen molar-refractivity contribution >= 4 is 19.8 Å². The molecule has 0 aliphatic rings. The van der Waals surface area contributed by atoms with Crippen LogP contribution in [0.1, 0.15) is 194 Å². The number of hydrogen-bond donors (Lipinski definition) is 7. The molecule has 14 nitrogen and oxygen atoms in total. The first-order chi connectivity index (χ1) is 28.0. The lowest BCUT2D eigenvalue weighted by Crippen LogP contribution is -2.49. The van der Waals surface area contributed by atoms with Crippen LogP contribution in [0, 0.1) is 0 Å². The fourth-order valence-electron chi connectivity index (χ4n) is 6.57. The van der Waals surface area contributed by atoms with Crippen molar-refractivity contribution in [3.05, 3.63) is 0 Å². The molecule has 0 aliphatic carbocycles. The van der Waals surface area contributed by atoms with Gasteiger partial charge in [-0.15, -0.1) is 0 Å². The molecule has 0 aromatic heterocycles. The standard InChI is InChI=1S/C43H86NO13P/c1-3-5-7-9-11-13-15-17-19-21-23-25-27-29-40(48)54-35-37(57-41(49)30-28-26-24-22-20-18-16-14-12-10-8-6-4-2)36-56-58(52,53)55-32-31-44-33-38(46)42(50)43(51)39(47)34-45/h37-39,42-47,50-51H,3-36H2,1-2H3,(H,52,53). The zero-order valence-corrected chi connectivity index (χ0v) is 37.3. The highest BCUT2D eigenvalue weighted by atomic mass is 31.2. The molecule has 0 amide bonds. The molecule has 58 heavy (non-hydrogen) atoms. The van der Waals surface area contributed by atoms with Gasteiger partial charge in [-0.05, 0) is 12.8 Å². The van der Waals surface area contributed by atoms with Crippen LogP contribution in [0.15, 0.2) is 0 Å². The highest BCUT2D eigenvalue weighted by molar-refractivity contribution is 7.47. The molecule has 0 fully saturated rings. The van der Waals surface area contributed by atoms with Crippen molar-refractivity contribution in [1.29, 1.82) is 0 Å². The maximum absolute atomic E-state index is 12.7. The van der Waals surface area contributed by atoms with Gasteiger partial charge in [0.1, 0.15) is 24.9 Å². The lowest BCUT2D eigenvalue weighted by molar-refractivity contribution is -0.161. The van der Waals surface area contributed by atoms with Crippen molar-refractivity contribution in [1.82, 2.24) is 5.32 Å². The topological polar surface area (TPSA) is 222 Å². The minimum atomic E-state index is -4.63. The Bertz CT molecular complexity index is 994. The van der Waals surface area contributed by atoms with E-state index in [-0.39, 0.29) is 39.1 Å². The van der Waals surface area contributed by atoms with E-state index in [4.69, 9.17) is 23.6 Å². The first-order valence-electron chi connectivity index (χ1n) is 23.0. The van der Waals surface area contributed by atoms with Gasteiger partial charge in [0.15, 0.2) is 6.10 Å². The molecular formula is C43H86NO13P. The van der Waals surface area contributed by atoms with Gasteiger partial charge >= 0.3 is 19.8 Å². The van der Waals surface area contributed by atoms with Crippen LogP contribution in [0.25, 0.3) is 0 Å². The van der Waals surface area contributed by atoms with Crippen LogP contribution in [0.4, 0.5) is 0 Å². The molecule has 6 unspecified atom stereocenters. The fourth-order valence-corrected chi connectivity index (χ4v) is 7.33. The Morgan fingerprint density at radius 3 is 1.38 bits per heavy atom. The van der Waals surface area contributed by atoms with Crippen LogP contribution in [-0.2, 0) is 32.7 Å². The van der Waals surface area contributed by atoms with E-state index < -0.39 is 63.5 Å². The van der Waals surface area contributed by atoms with Gasteiger partial charge in [-0.3, -0.25) is 18.6 Å². The Morgan fingerprint density at radius 1 is 0.552 bits per heavy atom. The molecule has 0 heterocycles. The number of ether oxygens (including phenoxy) is 2. The third-order valence-corrected chi connectivity index (χ3v) is 11.3. The smallest absolute Gasteiger partial charge is 0.462 e. The van der Waals surface area contributed by atoms with E-state index in [0.717, 1.165) is 38.5 Å². The summed E-state index contributed by atoms with van der Waals surface area (Å²) >= 11 is 0. The number of carbonyl (C=O) groups excluding carboxylic acids is 2. The molecule has 6 atom stereocenters. The zero-order valence-electron chi connectivity index (χ0n) is 36.4. The third kappa shape index (κ3) is 35.6. The van der Waals surface area contributed by atoms with Crippen molar-refractivity contribution in [3.63, 3.8) is 0 Å². The van der Waals surface area contributed by atoms with Crippen molar-refractivity contribution in [2.45, 2.75) is 224 Å². The van der Waals surface area contributed by atoms with Gasteiger partial charge in [0.2, 0.25) is 0 Å². The molecule has 0 aliphatic heterocycles. The van der Waals surface area contributed by atoms with Crippen LogP contribution in [0.2, 0.25) is 0 Å². The summed E-state index contributed by atoms with van der Waals surface area (Å²) in [5, 5.41) is 50.6. The number of nitrogens with one attached hydrogen (secondary N) is 1. The Balaban J connectivity index is 4.62. The molecule has 0 rings (SSSR count). The monoisotopic (exact) mass is 856 g/mol. The number of phosphoric ester groups is 1. The van der Waals surface area contributed by atoms with E-state index in [1.807, 2.05) is 0 Å². The minimum Gasteiger partial charge on any atom is -0.462 e. The highest BCUT2D eigenvalue weighted by Crippen LogP contribution is 2.43. The Morgan fingerprint density at radius 2 is 0.948 bits per heavy atom. The Hall–Kier alpha value is -1.19. The molecule has 0 saturated carbocycles. The molecule has 0 saturated heterocycles. The quantitative estimate of drug-likeness (QED) is 0.0179. The first kappa shape index (κ1) is 56.8. The molecule has 0 radical (unpaired) electrons. The van der Waals surface area contributed by atoms with Crippen molar-refractivity contribution in [3.8, 4) is 0 Å². The summed E-state index contributed by atoms with van der Waals surface area (Å²) in [6, 6.07) is 0. The normalized spacial score (nSPS) is 15.4. The summed E-state index contributed by atoms with van der Waals surface area (Å²) in [6.45, 7) is 2.09. The number of hydrogen-bond acceptors (Lipinski definition) is 13. The van der Waals surface area contributed by atoms with E-state index in [1.165, 1.54) is 116 Å². The van der Waals surface area contributed by atoms with Crippen LogP contribution in [-0.4, -0.2) is 112 Å². The number of phosphoric acid groups is 1. The average molecular weight is 856 g/mol. The average Bonchev–Trinajstić information content (AvgIpc) is 3.21. The van der Waals surface area contributed by atoms with Crippen LogP contribution in [0.5, 0.6) is 0 Å². The number of rotatable bonds is 44. The van der Waals surface area contributed by atoms with E-state index in [0.29, 0.717) is 12.8 Å². The second-order valence-electron chi connectivity index (χ2n) is 15.9. The number of carbonyl (C=O) groups is 2. The van der Waals surface area contributed by atoms with Crippen LogP contribution in [0.3, 0.4) is 0 Å².